The van der Waals surface area contributed by atoms with Gasteiger partial charge in [-0.3, -0.25) is 0 Å². The standard InChI is InChI=1S/C9H6Cl2F5N/c10-4-1-2-5(6(11)3-4)7(17)8(12,13)9(14,15)16/h1-3,7H,17H2/t7-/m1/s1. The molecular weight excluding hydrogens is 288 g/mol. The average molecular weight is 294 g/mol. The molecular formula is C9H6Cl2F5N. The molecule has 1 aromatic carbocycles. The first-order valence-electron chi connectivity index (χ1n) is 4.22. The summed E-state index contributed by atoms with van der Waals surface area (Å²) in [5, 5.41) is -0.227. The molecule has 0 heterocycles. The van der Waals surface area contributed by atoms with Crippen molar-refractivity contribution < 1.29 is 22.0 Å². The molecule has 0 unspecified atom stereocenters. The first kappa shape index (κ1) is 14.5. The molecule has 0 aliphatic heterocycles. The molecule has 17 heavy (non-hydrogen) atoms. The summed E-state index contributed by atoms with van der Waals surface area (Å²) < 4.78 is 62.1. The summed E-state index contributed by atoms with van der Waals surface area (Å²) >= 11 is 11.0. The van der Waals surface area contributed by atoms with Gasteiger partial charge in [0.1, 0.15) is 6.04 Å². The van der Waals surface area contributed by atoms with E-state index in [0.29, 0.717) is 0 Å². The van der Waals surface area contributed by atoms with Crippen molar-refractivity contribution in [1.82, 2.24) is 0 Å². The molecule has 0 radical (unpaired) electrons. The lowest BCUT2D eigenvalue weighted by molar-refractivity contribution is -0.290. The molecule has 96 valence electrons. The second-order valence-corrected chi connectivity index (χ2v) is 4.11. The van der Waals surface area contributed by atoms with Gasteiger partial charge in [0.2, 0.25) is 0 Å². The molecule has 0 bridgehead atoms. The minimum absolute atomic E-state index is 0.112. The van der Waals surface area contributed by atoms with Crippen molar-refractivity contribution >= 4 is 23.2 Å². The molecule has 8 heteroatoms. The maximum absolute atomic E-state index is 12.9. The summed E-state index contributed by atoms with van der Waals surface area (Å²) in [6.07, 6.45) is -5.74. The van der Waals surface area contributed by atoms with Crippen molar-refractivity contribution in [2.75, 3.05) is 0 Å². The fourth-order valence-electron chi connectivity index (χ4n) is 1.13. The Labute approximate surface area is 103 Å². The summed E-state index contributed by atoms with van der Waals surface area (Å²) in [4.78, 5) is 0. The zero-order chi connectivity index (χ0) is 13.4. The highest BCUT2D eigenvalue weighted by atomic mass is 35.5. The lowest BCUT2D eigenvalue weighted by Crippen LogP contribution is -2.45. The number of nitrogens with two attached hydrogens (primary N) is 1. The quantitative estimate of drug-likeness (QED) is 0.813. The van der Waals surface area contributed by atoms with E-state index in [0.717, 1.165) is 18.2 Å². The lowest BCUT2D eigenvalue weighted by Gasteiger charge is -2.26. The van der Waals surface area contributed by atoms with Crippen LogP contribution in [0, 0.1) is 0 Å². The van der Waals surface area contributed by atoms with Gasteiger partial charge in [0.05, 0.1) is 0 Å². The van der Waals surface area contributed by atoms with E-state index in [1.165, 1.54) is 0 Å². The van der Waals surface area contributed by atoms with E-state index in [1.807, 2.05) is 0 Å². The van der Waals surface area contributed by atoms with Crippen LogP contribution in [0.2, 0.25) is 10.0 Å². The van der Waals surface area contributed by atoms with E-state index in [2.05, 4.69) is 0 Å². The third-order valence-corrected chi connectivity index (χ3v) is 2.63. The summed E-state index contributed by atoms with van der Waals surface area (Å²) in [5.74, 6) is -5.07. The van der Waals surface area contributed by atoms with Gasteiger partial charge in [-0.05, 0) is 17.7 Å². The first-order chi connectivity index (χ1) is 7.57. The van der Waals surface area contributed by atoms with Gasteiger partial charge in [-0.15, -0.1) is 0 Å². The second-order valence-electron chi connectivity index (χ2n) is 3.26. The molecule has 0 saturated heterocycles. The number of hydrogen-bond acceptors (Lipinski definition) is 1. The predicted molar refractivity (Wildman–Crippen MR) is 54.4 cm³/mol. The van der Waals surface area contributed by atoms with Gasteiger partial charge >= 0.3 is 12.1 Å². The fraction of sp³-hybridized carbons (Fsp3) is 0.333. The Morgan fingerprint density at radius 3 is 2.00 bits per heavy atom. The summed E-state index contributed by atoms with van der Waals surface area (Å²) in [5.41, 5.74) is 4.40. The van der Waals surface area contributed by atoms with Crippen LogP contribution in [0.5, 0.6) is 0 Å². The highest BCUT2D eigenvalue weighted by Gasteiger charge is 2.61. The molecule has 0 fully saturated rings. The van der Waals surface area contributed by atoms with Gasteiger partial charge in [-0.1, -0.05) is 29.3 Å². The second kappa shape index (κ2) is 4.59. The van der Waals surface area contributed by atoms with Crippen molar-refractivity contribution in [1.29, 1.82) is 0 Å². The van der Waals surface area contributed by atoms with Crippen LogP contribution >= 0.6 is 23.2 Å². The van der Waals surface area contributed by atoms with Gasteiger partial charge in [-0.2, -0.15) is 22.0 Å². The van der Waals surface area contributed by atoms with Crippen LogP contribution in [0.4, 0.5) is 22.0 Å². The molecule has 0 amide bonds. The Morgan fingerprint density at radius 1 is 1.06 bits per heavy atom. The molecule has 0 spiro atoms. The maximum Gasteiger partial charge on any atom is 0.455 e. The van der Waals surface area contributed by atoms with Crippen molar-refractivity contribution in [2.24, 2.45) is 5.73 Å². The molecule has 0 aromatic heterocycles. The van der Waals surface area contributed by atoms with Gasteiger partial charge < -0.3 is 5.73 Å². The van der Waals surface area contributed by atoms with Crippen molar-refractivity contribution in [3.8, 4) is 0 Å². The van der Waals surface area contributed by atoms with Crippen LogP contribution in [0.25, 0.3) is 0 Å². The average Bonchev–Trinajstić information content (AvgIpc) is 2.14. The number of alkyl halides is 5. The van der Waals surface area contributed by atoms with E-state index >= 15 is 0 Å². The van der Waals surface area contributed by atoms with E-state index in [4.69, 9.17) is 28.9 Å². The van der Waals surface area contributed by atoms with Crippen LogP contribution in [0.1, 0.15) is 11.6 Å². The van der Waals surface area contributed by atoms with Crippen LogP contribution in [-0.4, -0.2) is 12.1 Å². The van der Waals surface area contributed by atoms with Gasteiger partial charge in [0.15, 0.2) is 0 Å². The smallest absolute Gasteiger partial charge is 0.319 e. The third kappa shape index (κ3) is 2.81. The zero-order valence-electron chi connectivity index (χ0n) is 8.03. The molecule has 1 nitrogen and oxygen atoms in total. The molecule has 1 aromatic rings. The summed E-state index contributed by atoms with van der Waals surface area (Å²) in [6, 6.07) is 0.543. The molecule has 0 saturated carbocycles. The van der Waals surface area contributed by atoms with Crippen LogP contribution in [0.15, 0.2) is 18.2 Å². The van der Waals surface area contributed by atoms with E-state index in [9.17, 15) is 22.0 Å². The largest absolute Gasteiger partial charge is 0.455 e. The Bertz CT molecular complexity index is 418. The number of rotatable bonds is 2. The van der Waals surface area contributed by atoms with Crippen LogP contribution in [-0.2, 0) is 0 Å². The van der Waals surface area contributed by atoms with Gasteiger partial charge in [-0.25, -0.2) is 0 Å². The fourth-order valence-corrected chi connectivity index (χ4v) is 1.65. The number of halogens is 7. The van der Waals surface area contributed by atoms with Gasteiger partial charge in [0, 0.05) is 10.0 Å². The van der Waals surface area contributed by atoms with Crippen LogP contribution in [0.3, 0.4) is 0 Å². The van der Waals surface area contributed by atoms with E-state index in [1.54, 1.807) is 0 Å². The molecule has 2 N–H and O–H groups in total. The minimum Gasteiger partial charge on any atom is -0.319 e. The Balaban J connectivity index is 3.17. The molecule has 0 aliphatic rings. The number of hydrogen-bond donors (Lipinski definition) is 1. The normalized spacial score (nSPS) is 14.8. The zero-order valence-corrected chi connectivity index (χ0v) is 9.54. The molecule has 0 aliphatic carbocycles. The Kier molecular flexibility index (Phi) is 3.91. The van der Waals surface area contributed by atoms with Crippen molar-refractivity contribution in [3.05, 3.63) is 33.8 Å². The Morgan fingerprint density at radius 2 is 1.59 bits per heavy atom. The highest BCUT2D eigenvalue weighted by molar-refractivity contribution is 6.35. The third-order valence-electron chi connectivity index (χ3n) is 2.07. The molecule has 1 rings (SSSR count). The summed E-state index contributed by atoms with van der Waals surface area (Å²) in [7, 11) is 0. The monoisotopic (exact) mass is 293 g/mol. The predicted octanol–water partition coefficient (Wildman–Crippen LogP) is 4.19. The SMILES string of the molecule is N[C@H](c1ccc(Cl)cc1Cl)C(F)(F)C(F)(F)F. The van der Waals surface area contributed by atoms with Crippen molar-refractivity contribution in [3.63, 3.8) is 0 Å². The number of benzene rings is 1. The molecule has 1 atom stereocenters. The van der Waals surface area contributed by atoms with E-state index < -0.39 is 23.7 Å². The van der Waals surface area contributed by atoms with Gasteiger partial charge in [0.25, 0.3) is 0 Å². The van der Waals surface area contributed by atoms with Crippen LogP contribution < -0.4 is 5.73 Å². The maximum atomic E-state index is 12.9. The first-order valence-corrected chi connectivity index (χ1v) is 4.98. The van der Waals surface area contributed by atoms with E-state index in [-0.39, 0.29) is 10.0 Å². The highest BCUT2D eigenvalue weighted by Crippen LogP contribution is 2.44. The minimum atomic E-state index is -5.74. The topological polar surface area (TPSA) is 26.0 Å². The lowest BCUT2D eigenvalue weighted by atomic mass is 10.0. The summed E-state index contributed by atoms with van der Waals surface area (Å²) in [6.45, 7) is 0. The van der Waals surface area contributed by atoms with Crippen molar-refractivity contribution in [2.45, 2.75) is 18.1 Å². The Hall–Kier alpha value is -0.590.